The summed E-state index contributed by atoms with van der Waals surface area (Å²) in [6.45, 7) is 5.73. The topological polar surface area (TPSA) is 44.1 Å². The molecule has 0 saturated carbocycles. The molecule has 1 rings (SSSR count). The van der Waals surface area contributed by atoms with E-state index >= 15 is 0 Å². The van der Waals surface area contributed by atoms with Crippen molar-refractivity contribution in [3.05, 3.63) is 18.0 Å². The molecule has 0 radical (unpaired) electrons. The minimum Gasteiger partial charge on any atom is -0.380 e. The lowest BCUT2D eigenvalue weighted by atomic mass is 10.3. The van der Waals surface area contributed by atoms with Crippen molar-refractivity contribution in [1.29, 1.82) is 0 Å². The summed E-state index contributed by atoms with van der Waals surface area (Å²) in [4.78, 5) is 11.0. The molecule has 0 fully saturated rings. The van der Waals surface area contributed by atoms with Crippen LogP contribution in [0.2, 0.25) is 0 Å². The second-order valence-electron chi connectivity index (χ2n) is 3.16. The van der Waals surface area contributed by atoms with E-state index < -0.39 is 0 Å². The van der Waals surface area contributed by atoms with Crippen molar-refractivity contribution in [2.45, 2.75) is 26.8 Å². The van der Waals surface area contributed by atoms with Gasteiger partial charge in [-0.2, -0.15) is 5.10 Å². The number of Topliss-reactive ketones (excluding diaryl/α,β-unsaturated/α-hetero) is 1. The lowest BCUT2D eigenvalue weighted by Gasteiger charge is -2.01. The molecule has 0 aliphatic rings. The molecular weight excluding hydrogens is 180 g/mol. The summed E-state index contributed by atoms with van der Waals surface area (Å²) in [5, 5.41) is 4.05. The van der Waals surface area contributed by atoms with E-state index in [-0.39, 0.29) is 5.78 Å². The SMILES string of the molecule is CCCOCCn1cc(C(C)=O)cn1. The number of nitrogens with zero attached hydrogens (tertiary/aromatic N) is 2. The first kappa shape index (κ1) is 10.9. The third-order valence-corrected chi connectivity index (χ3v) is 1.85. The molecule has 0 bridgehead atoms. The van der Waals surface area contributed by atoms with Crippen LogP contribution in [0.3, 0.4) is 0 Å². The molecule has 0 aliphatic heterocycles. The first-order chi connectivity index (χ1) is 6.74. The van der Waals surface area contributed by atoms with Crippen molar-refractivity contribution >= 4 is 5.78 Å². The molecule has 0 aromatic carbocycles. The summed E-state index contributed by atoms with van der Waals surface area (Å²) >= 11 is 0. The van der Waals surface area contributed by atoms with Gasteiger partial charge in [-0.25, -0.2) is 0 Å². The van der Waals surface area contributed by atoms with Crippen LogP contribution in [-0.4, -0.2) is 28.8 Å². The normalized spacial score (nSPS) is 10.4. The first-order valence-corrected chi connectivity index (χ1v) is 4.85. The molecule has 0 N–H and O–H groups in total. The Morgan fingerprint density at radius 1 is 1.57 bits per heavy atom. The standard InChI is InChI=1S/C10H16N2O2/c1-3-5-14-6-4-12-8-10(7-11-12)9(2)13/h7-8H,3-6H2,1-2H3. The van der Waals surface area contributed by atoms with Crippen molar-refractivity contribution in [2.75, 3.05) is 13.2 Å². The third kappa shape index (κ3) is 3.30. The van der Waals surface area contributed by atoms with E-state index in [4.69, 9.17) is 4.74 Å². The second-order valence-corrected chi connectivity index (χ2v) is 3.16. The average molecular weight is 196 g/mol. The number of ether oxygens (including phenoxy) is 1. The Kier molecular flexibility index (Phi) is 4.32. The molecule has 0 aliphatic carbocycles. The lowest BCUT2D eigenvalue weighted by molar-refractivity contribution is 0.101. The summed E-state index contributed by atoms with van der Waals surface area (Å²) < 4.78 is 7.04. The largest absolute Gasteiger partial charge is 0.380 e. The first-order valence-electron chi connectivity index (χ1n) is 4.85. The van der Waals surface area contributed by atoms with E-state index in [2.05, 4.69) is 12.0 Å². The van der Waals surface area contributed by atoms with Gasteiger partial charge in [-0.15, -0.1) is 0 Å². The number of ketones is 1. The van der Waals surface area contributed by atoms with E-state index in [1.165, 1.54) is 6.92 Å². The van der Waals surface area contributed by atoms with Gasteiger partial charge in [0.25, 0.3) is 0 Å². The Morgan fingerprint density at radius 3 is 2.93 bits per heavy atom. The van der Waals surface area contributed by atoms with Crippen LogP contribution >= 0.6 is 0 Å². The van der Waals surface area contributed by atoms with Gasteiger partial charge in [0.05, 0.1) is 24.9 Å². The highest BCUT2D eigenvalue weighted by molar-refractivity contribution is 5.93. The molecule has 0 saturated heterocycles. The zero-order valence-electron chi connectivity index (χ0n) is 8.69. The van der Waals surface area contributed by atoms with Crippen LogP contribution < -0.4 is 0 Å². The smallest absolute Gasteiger partial charge is 0.162 e. The van der Waals surface area contributed by atoms with Crippen molar-refractivity contribution in [1.82, 2.24) is 9.78 Å². The van der Waals surface area contributed by atoms with Gasteiger partial charge in [-0.05, 0) is 13.3 Å². The molecule has 14 heavy (non-hydrogen) atoms. The zero-order chi connectivity index (χ0) is 10.4. The maximum Gasteiger partial charge on any atom is 0.162 e. The summed E-state index contributed by atoms with van der Waals surface area (Å²) in [6.07, 6.45) is 4.36. The maximum atomic E-state index is 11.0. The second kappa shape index (κ2) is 5.54. The van der Waals surface area contributed by atoms with Crippen LogP contribution in [0.4, 0.5) is 0 Å². The van der Waals surface area contributed by atoms with Crippen LogP contribution in [0, 0.1) is 0 Å². The van der Waals surface area contributed by atoms with E-state index in [1.54, 1.807) is 17.1 Å². The van der Waals surface area contributed by atoms with Crippen LogP contribution in [0.5, 0.6) is 0 Å². The number of rotatable bonds is 6. The number of aromatic nitrogens is 2. The molecule has 78 valence electrons. The van der Waals surface area contributed by atoms with E-state index in [0.29, 0.717) is 18.7 Å². The number of carbonyl (C=O) groups is 1. The van der Waals surface area contributed by atoms with Crippen LogP contribution in [-0.2, 0) is 11.3 Å². The van der Waals surface area contributed by atoms with Crippen molar-refractivity contribution in [2.24, 2.45) is 0 Å². The predicted molar refractivity (Wildman–Crippen MR) is 53.3 cm³/mol. The molecule has 1 heterocycles. The van der Waals surface area contributed by atoms with Gasteiger partial charge >= 0.3 is 0 Å². The zero-order valence-corrected chi connectivity index (χ0v) is 8.69. The summed E-state index contributed by atoms with van der Waals surface area (Å²) in [6, 6.07) is 0. The van der Waals surface area contributed by atoms with Gasteiger partial charge in [0.2, 0.25) is 0 Å². The van der Waals surface area contributed by atoms with Crippen molar-refractivity contribution in [3.8, 4) is 0 Å². The van der Waals surface area contributed by atoms with Gasteiger partial charge in [0, 0.05) is 12.8 Å². The average Bonchev–Trinajstić information content (AvgIpc) is 2.61. The molecule has 0 spiro atoms. The van der Waals surface area contributed by atoms with E-state index in [9.17, 15) is 4.79 Å². The molecule has 0 atom stereocenters. The van der Waals surface area contributed by atoms with Gasteiger partial charge in [0.1, 0.15) is 0 Å². The maximum absolute atomic E-state index is 11.0. The molecule has 4 heteroatoms. The molecule has 1 aromatic rings. The monoisotopic (exact) mass is 196 g/mol. The highest BCUT2D eigenvalue weighted by atomic mass is 16.5. The summed E-state index contributed by atoms with van der Waals surface area (Å²) in [5.74, 6) is 0.0470. The van der Waals surface area contributed by atoms with Gasteiger partial charge in [0.15, 0.2) is 5.78 Å². The molecule has 0 unspecified atom stereocenters. The van der Waals surface area contributed by atoms with Crippen LogP contribution in [0.15, 0.2) is 12.4 Å². The third-order valence-electron chi connectivity index (χ3n) is 1.85. The minimum atomic E-state index is 0.0470. The van der Waals surface area contributed by atoms with Gasteiger partial charge in [-0.1, -0.05) is 6.92 Å². The Bertz CT molecular complexity index is 294. The summed E-state index contributed by atoms with van der Waals surface area (Å²) in [7, 11) is 0. The summed E-state index contributed by atoms with van der Waals surface area (Å²) in [5.41, 5.74) is 0.653. The Balaban J connectivity index is 2.33. The van der Waals surface area contributed by atoms with Crippen LogP contribution in [0.25, 0.3) is 0 Å². The van der Waals surface area contributed by atoms with Gasteiger partial charge in [-0.3, -0.25) is 9.48 Å². The fourth-order valence-corrected chi connectivity index (χ4v) is 1.07. The number of carbonyl (C=O) groups excluding carboxylic acids is 1. The van der Waals surface area contributed by atoms with Gasteiger partial charge < -0.3 is 4.74 Å². The fraction of sp³-hybridized carbons (Fsp3) is 0.600. The molecule has 0 amide bonds. The predicted octanol–water partition coefficient (Wildman–Crippen LogP) is 1.51. The highest BCUT2D eigenvalue weighted by Gasteiger charge is 2.02. The minimum absolute atomic E-state index is 0.0470. The molecule has 4 nitrogen and oxygen atoms in total. The van der Waals surface area contributed by atoms with Crippen LogP contribution in [0.1, 0.15) is 30.6 Å². The van der Waals surface area contributed by atoms with Crippen molar-refractivity contribution in [3.63, 3.8) is 0 Å². The van der Waals surface area contributed by atoms with Crippen molar-refractivity contribution < 1.29 is 9.53 Å². The fourth-order valence-electron chi connectivity index (χ4n) is 1.07. The number of hydrogen-bond acceptors (Lipinski definition) is 3. The van der Waals surface area contributed by atoms with E-state index in [0.717, 1.165) is 13.0 Å². The lowest BCUT2D eigenvalue weighted by Crippen LogP contribution is -2.06. The Labute approximate surface area is 83.9 Å². The van der Waals surface area contributed by atoms with E-state index in [1.807, 2.05) is 0 Å². The molecule has 1 aromatic heterocycles. The Hall–Kier alpha value is -1.16. The highest BCUT2D eigenvalue weighted by Crippen LogP contribution is 1.98. The molecular formula is C10H16N2O2. The Morgan fingerprint density at radius 2 is 2.36 bits per heavy atom. The number of hydrogen-bond donors (Lipinski definition) is 0. The quantitative estimate of drug-likeness (QED) is 0.511.